The van der Waals surface area contributed by atoms with E-state index >= 15 is 0 Å². The van der Waals surface area contributed by atoms with Gasteiger partial charge in [0.2, 0.25) is 0 Å². The molecule has 1 aliphatic rings. The number of hydrogen-bond acceptors (Lipinski definition) is 3. The molecule has 0 saturated heterocycles. The van der Waals surface area contributed by atoms with Crippen molar-refractivity contribution in [2.75, 3.05) is 20.3 Å². The third-order valence-electron chi connectivity index (χ3n) is 3.74. The first-order chi connectivity index (χ1) is 9.71. The van der Waals surface area contributed by atoms with Gasteiger partial charge in [0.05, 0.1) is 19.3 Å². The van der Waals surface area contributed by atoms with Crippen LogP contribution in [0.3, 0.4) is 0 Å². The monoisotopic (exact) mass is 281 g/mol. The largest absolute Gasteiger partial charge is 0.497 e. The molecule has 1 aromatic rings. The molecule has 0 aliphatic heterocycles. The van der Waals surface area contributed by atoms with Crippen LogP contribution >= 0.6 is 0 Å². The number of methoxy groups -OCH3 is 1. The quantitative estimate of drug-likeness (QED) is 0.793. The van der Waals surface area contributed by atoms with Crippen molar-refractivity contribution in [2.45, 2.75) is 38.8 Å². The van der Waals surface area contributed by atoms with Gasteiger partial charge in [-0.15, -0.1) is 0 Å². The van der Waals surface area contributed by atoms with Gasteiger partial charge in [0.25, 0.3) is 0 Å². The zero-order valence-electron chi connectivity index (χ0n) is 12.5. The van der Waals surface area contributed by atoms with Crippen molar-refractivity contribution in [3.05, 3.63) is 29.6 Å². The van der Waals surface area contributed by atoms with E-state index in [2.05, 4.69) is 5.32 Å². The Morgan fingerprint density at radius 1 is 1.35 bits per heavy atom. The Kier molecular flexibility index (Phi) is 5.38. The van der Waals surface area contributed by atoms with Gasteiger partial charge in [0.1, 0.15) is 11.6 Å². The van der Waals surface area contributed by atoms with Gasteiger partial charge in [0.15, 0.2) is 0 Å². The molecule has 1 N–H and O–H groups in total. The molecule has 0 spiro atoms. The molecule has 0 bridgehead atoms. The van der Waals surface area contributed by atoms with E-state index in [0.29, 0.717) is 23.8 Å². The lowest BCUT2D eigenvalue weighted by Crippen LogP contribution is -2.36. The molecule has 3 nitrogen and oxygen atoms in total. The van der Waals surface area contributed by atoms with E-state index in [9.17, 15) is 4.39 Å². The topological polar surface area (TPSA) is 30.5 Å². The fourth-order valence-corrected chi connectivity index (χ4v) is 2.63. The molecule has 1 fully saturated rings. The summed E-state index contributed by atoms with van der Waals surface area (Å²) in [6.45, 7) is 5.46. The number of nitrogens with one attached hydrogen (secondary N) is 1. The van der Waals surface area contributed by atoms with Crippen LogP contribution in [0, 0.1) is 11.7 Å². The van der Waals surface area contributed by atoms with Gasteiger partial charge < -0.3 is 14.8 Å². The Morgan fingerprint density at radius 3 is 2.60 bits per heavy atom. The molecule has 1 aromatic carbocycles. The Morgan fingerprint density at radius 2 is 2.10 bits per heavy atom. The van der Waals surface area contributed by atoms with E-state index < -0.39 is 0 Å². The van der Waals surface area contributed by atoms with Crippen molar-refractivity contribution in [3.63, 3.8) is 0 Å². The van der Waals surface area contributed by atoms with Crippen molar-refractivity contribution < 1.29 is 13.9 Å². The van der Waals surface area contributed by atoms with Crippen LogP contribution in [0.2, 0.25) is 0 Å². The molecule has 2 rings (SSSR count). The zero-order chi connectivity index (χ0) is 14.5. The molecular formula is C16H24FNO2. The highest BCUT2D eigenvalue weighted by atomic mass is 19.1. The van der Waals surface area contributed by atoms with Crippen molar-refractivity contribution >= 4 is 0 Å². The van der Waals surface area contributed by atoms with Gasteiger partial charge in [0, 0.05) is 18.2 Å². The predicted octanol–water partition coefficient (Wildman–Crippen LogP) is 3.30. The Hall–Kier alpha value is -1.13. The maximum absolute atomic E-state index is 14.3. The molecule has 1 aliphatic carbocycles. The second-order valence-corrected chi connectivity index (χ2v) is 5.18. The molecular weight excluding hydrogens is 257 g/mol. The summed E-state index contributed by atoms with van der Waals surface area (Å²) in [6.07, 6.45) is 2.39. The van der Waals surface area contributed by atoms with E-state index in [4.69, 9.17) is 9.47 Å². The fraction of sp³-hybridized carbons (Fsp3) is 0.625. The number of benzene rings is 1. The molecule has 0 radical (unpaired) electrons. The summed E-state index contributed by atoms with van der Waals surface area (Å²) in [6, 6.07) is 4.95. The maximum Gasteiger partial charge on any atom is 0.131 e. The van der Waals surface area contributed by atoms with Crippen LogP contribution in [0.25, 0.3) is 0 Å². The van der Waals surface area contributed by atoms with E-state index in [1.807, 2.05) is 13.8 Å². The summed E-state index contributed by atoms with van der Waals surface area (Å²) in [5.74, 6) is 0.849. The molecule has 2 atom stereocenters. The summed E-state index contributed by atoms with van der Waals surface area (Å²) in [7, 11) is 1.55. The molecule has 2 unspecified atom stereocenters. The number of rotatable bonds is 8. The molecule has 20 heavy (non-hydrogen) atoms. The minimum absolute atomic E-state index is 0.0443. The minimum atomic E-state index is -0.236. The SMILES string of the molecule is CCNC(c1ccc(OC)cc1F)C(OCC)C1CC1. The van der Waals surface area contributed by atoms with Crippen molar-refractivity contribution in [2.24, 2.45) is 5.92 Å². The standard InChI is InChI=1S/C16H24FNO2/c1-4-18-15(16(20-5-2)11-6-7-11)13-9-8-12(19-3)10-14(13)17/h8-11,15-16,18H,4-7H2,1-3H3. The Balaban J connectivity index is 2.26. The highest BCUT2D eigenvalue weighted by molar-refractivity contribution is 5.31. The third-order valence-corrected chi connectivity index (χ3v) is 3.74. The highest BCUT2D eigenvalue weighted by Gasteiger charge is 2.38. The van der Waals surface area contributed by atoms with Gasteiger partial charge in [-0.05, 0) is 38.3 Å². The maximum atomic E-state index is 14.3. The number of likely N-dealkylation sites (N-methyl/N-ethyl adjacent to an activating group) is 1. The minimum Gasteiger partial charge on any atom is -0.497 e. The molecule has 0 heterocycles. The van der Waals surface area contributed by atoms with E-state index in [1.165, 1.54) is 18.9 Å². The fourth-order valence-electron chi connectivity index (χ4n) is 2.63. The number of halogens is 1. The smallest absolute Gasteiger partial charge is 0.131 e. The van der Waals surface area contributed by atoms with E-state index in [1.54, 1.807) is 19.2 Å². The van der Waals surface area contributed by atoms with Gasteiger partial charge in [-0.3, -0.25) is 0 Å². The summed E-state index contributed by atoms with van der Waals surface area (Å²) in [4.78, 5) is 0. The third kappa shape index (κ3) is 3.49. The van der Waals surface area contributed by atoms with Gasteiger partial charge in [-0.25, -0.2) is 4.39 Å². The van der Waals surface area contributed by atoms with Crippen LogP contribution in [0.4, 0.5) is 4.39 Å². The zero-order valence-corrected chi connectivity index (χ0v) is 12.5. The van der Waals surface area contributed by atoms with Crippen LogP contribution < -0.4 is 10.1 Å². The molecule has 112 valence electrons. The van der Waals surface area contributed by atoms with Gasteiger partial charge >= 0.3 is 0 Å². The number of ether oxygens (including phenoxy) is 2. The van der Waals surface area contributed by atoms with Crippen molar-refractivity contribution in [1.82, 2.24) is 5.32 Å². The summed E-state index contributed by atoms with van der Waals surface area (Å²) >= 11 is 0. The number of hydrogen-bond donors (Lipinski definition) is 1. The lowest BCUT2D eigenvalue weighted by Gasteiger charge is -2.28. The van der Waals surface area contributed by atoms with Gasteiger partial charge in [-0.1, -0.05) is 13.0 Å². The van der Waals surface area contributed by atoms with Crippen LogP contribution in [0.1, 0.15) is 38.3 Å². The lowest BCUT2D eigenvalue weighted by atomic mass is 9.97. The summed E-state index contributed by atoms with van der Waals surface area (Å²) in [5.41, 5.74) is 0.665. The van der Waals surface area contributed by atoms with Crippen LogP contribution in [-0.4, -0.2) is 26.4 Å². The van der Waals surface area contributed by atoms with Crippen LogP contribution in [-0.2, 0) is 4.74 Å². The lowest BCUT2D eigenvalue weighted by molar-refractivity contribution is 0.0181. The van der Waals surface area contributed by atoms with Crippen molar-refractivity contribution in [1.29, 1.82) is 0 Å². The van der Waals surface area contributed by atoms with Crippen LogP contribution in [0.15, 0.2) is 18.2 Å². The average Bonchev–Trinajstić information content (AvgIpc) is 3.27. The molecule has 4 heteroatoms. The summed E-state index contributed by atoms with van der Waals surface area (Å²) < 4.78 is 25.3. The predicted molar refractivity (Wildman–Crippen MR) is 77.5 cm³/mol. The molecule has 1 saturated carbocycles. The van der Waals surface area contributed by atoms with E-state index in [-0.39, 0.29) is 18.0 Å². The Bertz CT molecular complexity index is 434. The first kappa shape index (κ1) is 15.3. The normalized spacial score (nSPS) is 17.8. The first-order valence-corrected chi connectivity index (χ1v) is 7.39. The highest BCUT2D eigenvalue weighted by Crippen LogP contribution is 2.40. The second-order valence-electron chi connectivity index (χ2n) is 5.18. The van der Waals surface area contributed by atoms with E-state index in [0.717, 1.165) is 6.54 Å². The second kappa shape index (κ2) is 7.04. The average molecular weight is 281 g/mol. The first-order valence-electron chi connectivity index (χ1n) is 7.39. The molecule has 0 aromatic heterocycles. The van der Waals surface area contributed by atoms with Crippen LogP contribution in [0.5, 0.6) is 5.75 Å². The van der Waals surface area contributed by atoms with Crippen molar-refractivity contribution in [3.8, 4) is 5.75 Å². The molecule has 0 amide bonds. The Labute approximate surface area is 120 Å². The van der Waals surface area contributed by atoms with Gasteiger partial charge in [-0.2, -0.15) is 0 Å². The summed E-state index contributed by atoms with van der Waals surface area (Å²) in [5, 5.41) is 3.38.